The first-order valence-corrected chi connectivity index (χ1v) is 6.46. The fourth-order valence-corrected chi connectivity index (χ4v) is 1.37. The number of alkyl carbamates (subject to hydrolysis) is 1. The Labute approximate surface area is 126 Å². The molecule has 1 aromatic carbocycles. The normalized spacial score (nSPS) is 9.68. The Morgan fingerprint density at radius 1 is 1.18 bits per heavy atom. The SMILES string of the molecule is CCOC(=O)CNC(=O)OCCOc1ccc([N+](=O)[O-])cc1. The molecule has 0 saturated heterocycles. The van der Waals surface area contributed by atoms with Crippen molar-refractivity contribution in [3.8, 4) is 5.75 Å². The zero-order valence-electron chi connectivity index (χ0n) is 11.9. The van der Waals surface area contributed by atoms with Crippen LogP contribution in [0.3, 0.4) is 0 Å². The largest absolute Gasteiger partial charge is 0.490 e. The molecule has 0 saturated carbocycles. The lowest BCUT2D eigenvalue weighted by Crippen LogP contribution is -2.32. The molecule has 1 rings (SSSR count). The quantitative estimate of drug-likeness (QED) is 0.332. The molecule has 9 nitrogen and oxygen atoms in total. The molecular weight excluding hydrogens is 296 g/mol. The van der Waals surface area contributed by atoms with E-state index in [1.165, 1.54) is 24.3 Å². The standard InChI is InChI=1S/C13H16N2O7/c1-2-20-12(16)9-14-13(17)22-8-7-21-11-5-3-10(4-6-11)15(18)19/h3-6H,2,7-9H2,1H3,(H,14,17). The van der Waals surface area contributed by atoms with Crippen LogP contribution in [0, 0.1) is 10.1 Å². The number of carbonyl (C=O) groups is 2. The Balaban J connectivity index is 2.18. The number of nitro groups is 1. The van der Waals surface area contributed by atoms with Crippen molar-refractivity contribution < 1.29 is 28.7 Å². The highest BCUT2D eigenvalue weighted by Crippen LogP contribution is 2.16. The van der Waals surface area contributed by atoms with Crippen molar-refractivity contribution in [1.29, 1.82) is 0 Å². The number of non-ortho nitro benzene ring substituents is 1. The number of esters is 1. The summed E-state index contributed by atoms with van der Waals surface area (Å²) in [6.07, 6.45) is -0.764. The number of benzene rings is 1. The zero-order chi connectivity index (χ0) is 16.4. The minimum Gasteiger partial charge on any atom is -0.490 e. The summed E-state index contributed by atoms with van der Waals surface area (Å²) in [5.41, 5.74) is -0.0399. The highest BCUT2D eigenvalue weighted by atomic mass is 16.6. The van der Waals surface area contributed by atoms with Crippen LogP contribution in [-0.2, 0) is 14.3 Å². The number of carbonyl (C=O) groups excluding carboxylic acids is 2. The number of nitro benzene ring substituents is 1. The molecule has 0 fully saturated rings. The monoisotopic (exact) mass is 312 g/mol. The number of amides is 1. The van der Waals surface area contributed by atoms with E-state index in [0.717, 1.165) is 0 Å². The summed E-state index contributed by atoms with van der Waals surface area (Å²) in [6.45, 7) is 1.66. The van der Waals surface area contributed by atoms with E-state index < -0.39 is 17.0 Å². The van der Waals surface area contributed by atoms with E-state index in [1.54, 1.807) is 6.92 Å². The molecule has 120 valence electrons. The van der Waals surface area contributed by atoms with Crippen molar-refractivity contribution in [3.05, 3.63) is 34.4 Å². The minimum absolute atomic E-state index is 0.0361. The Hall–Kier alpha value is -2.84. The summed E-state index contributed by atoms with van der Waals surface area (Å²) in [4.78, 5) is 32.1. The van der Waals surface area contributed by atoms with E-state index in [0.29, 0.717) is 5.75 Å². The molecule has 0 radical (unpaired) electrons. The first-order valence-electron chi connectivity index (χ1n) is 6.46. The van der Waals surface area contributed by atoms with Gasteiger partial charge in [-0.25, -0.2) is 4.79 Å². The lowest BCUT2D eigenvalue weighted by molar-refractivity contribution is -0.384. The second-order valence-electron chi connectivity index (χ2n) is 3.89. The molecule has 0 aromatic heterocycles. The molecule has 0 unspecified atom stereocenters. The Kier molecular flexibility index (Phi) is 7.17. The lowest BCUT2D eigenvalue weighted by atomic mass is 10.3. The van der Waals surface area contributed by atoms with Gasteiger partial charge in [0.2, 0.25) is 0 Å². The molecule has 9 heteroatoms. The van der Waals surface area contributed by atoms with E-state index in [9.17, 15) is 19.7 Å². The van der Waals surface area contributed by atoms with Crippen LogP contribution in [0.1, 0.15) is 6.92 Å². The number of nitrogens with one attached hydrogen (secondary N) is 1. The zero-order valence-corrected chi connectivity index (χ0v) is 11.9. The number of hydrogen-bond acceptors (Lipinski definition) is 7. The lowest BCUT2D eigenvalue weighted by Gasteiger charge is -2.08. The molecule has 0 aliphatic rings. The second kappa shape index (κ2) is 9.16. The molecular formula is C13H16N2O7. The van der Waals surface area contributed by atoms with Gasteiger partial charge >= 0.3 is 12.1 Å². The topological polar surface area (TPSA) is 117 Å². The summed E-state index contributed by atoms with van der Waals surface area (Å²) >= 11 is 0. The average Bonchev–Trinajstić information content (AvgIpc) is 2.50. The Morgan fingerprint density at radius 3 is 2.45 bits per heavy atom. The van der Waals surface area contributed by atoms with Crippen molar-refractivity contribution in [2.45, 2.75) is 6.92 Å². The summed E-state index contributed by atoms with van der Waals surface area (Å²) in [7, 11) is 0. The van der Waals surface area contributed by atoms with Crippen LogP contribution in [0.2, 0.25) is 0 Å². The molecule has 0 aliphatic heterocycles. The van der Waals surface area contributed by atoms with Gasteiger partial charge in [0.1, 0.15) is 25.5 Å². The van der Waals surface area contributed by atoms with Gasteiger partial charge in [0.25, 0.3) is 5.69 Å². The Bertz CT molecular complexity index is 516. The summed E-state index contributed by atoms with van der Waals surface area (Å²) in [5.74, 6) is -0.136. The summed E-state index contributed by atoms with van der Waals surface area (Å²) in [6, 6.07) is 5.50. The number of rotatable bonds is 8. The third-order valence-corrected chi connectivity index (χ3v) is 2.32. The Morgan fingerprint density at radius 2 is 1.86 bits per heavy atom. The fraction of sp³-hybridized carbons (Fsp3) is 0.385. The molecule has 0 heterocycles. The number of nitrogens with zero attached hydrogens (tertiary/aromatic N) is 1. The van der Waals surface area contributed by atoms with Crippen molar-refractivity contribution in [2.24, 2.45) is 0 Å². The molecule has 0 atom stereocenters. The minimum atomic E-state index is -0.764. The van der Waals surface area contributed by atoms with Crippen LogP contribution >= 0.6 is 0 Å². The van der Waals surface area contributed by atoms with Crippen LogP contribution in [0.4, 0.5) is 10.5 Å². The van der Waals surface area contributed by atoms with Crippen LogP contribution in [0.5, 0.6) is 5.75 Å². The van der Waals surface area contributed by atoms with E-state index in [4.69, 9.17) is 9.47 Å². The third kappa shape index (κ3) is 6.55. The maximum absolute atomic E-state index is 11.2. The maximum atomic E-state index is 11.2. The van der Waals surface area contributed by atoms with Crippen LogP contribution in [-0.4, -0.2) is 43.4 Å². The third-order valence-electron chi connectivity index (χ3n) is 2.32. The van der Waals surface area contributed by atoms with Crippen LogP contribution < -0.4 is 10.1 Å². The first-order chi connectivity index (χ1) is 10.5. The van der Waals surface area contributed by atoms with Gasteiger partial charge in [-0.15, -0.1) is 0 Å². The van der Waals surface area contributed by atoms with E-state index in [2.05, 4.69) is 10.1 Å². The van der Waals surface area contributed by atoms with E-state index in [-0.39, 0.29) is 32.1 Å². The van der Waals surface area contributed by atoms with Crippen molar-refractivity contribution in [2.75, 3.05) is 26.4 Å². The van der Waals surface area contributed by atoms with Gasteiger partial charge in [-0.2, -0.15) is 0 Å². The van der Waals surface area contributed by atoms with Crippen molar-refractivity contribution in [1.82, 2.24) is 5.32 Å². The molecule has 0 bridgehead atoms. The molecule has 0 aliphatic carbocycles. The fourth-order valence-electron chi connectivity index (χ4n) is 1.37. The average molecular weight is 312 g/mol. The smallest absolute Gasteiger partial charge is 0.407 e. The molecule has 1 aromatic rings. The second-order valence-corrected chi connectivity index (χ2v) is 3.89. The molecule has 1 amide bonds. The highest BCUT2D eigenvalue weighted by molar-refractivity contribution is 5.77. The number of ether oxygens (including phenoxy) is 3. The summed E-state index contributed by atoms with van der Waals surface area (Å²) in [5, 5.41) is 12.7. The molecule has 0 spiro atoms. The van der Waals surface area contributed by atoms with Gasteiger partial charge in [0.15, 0.2) is 0 Å². The van der Waals surface area contributed by atoms with Crippen LogP contribution in [0.15, 0.2) is 24.3 Å². The van der Waals surface area contributed by atoms with Gasteiger partial charge in [0.05, 0.1) is 11.5 Å². The van der Waals surface area contributed by atoms with Gasteiger partial charge in [-0.05, 0) is 19.1 Å². The predicted molar refractivity (Wildman–Crippen MR) is 74.6 cm³/mol. The van der Waals surface area contributed by atoms with Gasteiger partial charge < -0.3 is 19.5 Å². The predicted octanol–water partition coefficient (Wildman–Crippen LogP) is 1.26. The van der Waals surface area contributed by atoms with Gasteiger partial charge in [-0.1, -0.05) is 0 Å². The molecule has 1 N–H and O–H groups in total. The number of hydrogen-bond donors (Lipinski definition) is 1. The van der Waals surface area contributed by atoms with E-state index in [1.807, 2.05) is 0 Å². The first kappa shape index (κ1) is 17.2. The van der Waals surface area contributed by atoms with Gasteiger partial charge in [0, 0.05) is 12.1 Å². The maximum Gasteiger partial charge on any atom is 0.407 e. The van der Waals surface area contributed by atoms with Crippen molar-refractivity contribution >= 4 is 17.7 Å². The van der Waals surface area contributed by atoms with E-state index >= 15 is 0 Å². The van der Waals surface area contributed by atoms with Crippen molar-refractivity contribution in [3.63, 3.8) is 0 Å². The van der Waals surface area contributed by atoms with Crippen LogP contribution in [0.25, 0.3) is 0 Å². The highest BCUT2D eigenvalue weighted by Gasteiger charge is 2.07. The summed E-state index contributed by atoms with van der Waals surface area (Å²) < 4.78 is 14.6. The molecule has 22 heavy (non-hydrogen) atoms. The van der Waals surface area contributed by atoms with Gasteiger partial charge in [-0.3, -0.25) is 14.9 Å².